The summed E-state index contributed by atoms with van der Waals surface area (Å²) >= 11 is 0. The Bertz CT molecular complexity index is 396. The fourth-order valence-corrected chi connectivity index (χ4v) is 2.80. The second-order valence-electron chi connectivity index (χ2n) is 6.13. The number of imidazole rings is 1. The number of nitrogens with one attached hydrogen (secondary N) is 2. The van der Waals surface area contributed by atoms with Crippen LogP contribution in [0.15, 0.2) is 18.7 Å². The number of amides is 2. The van der Waals surface area contributed by atoms with Gasteiger partial charge < -0.3 is 15.2 Å². The summed E-state index contributed by atoms with van der Waals surface area (Å²) in [6, 6.07) is -0.0271. The van der Waals surface area contributed by atoms with Crippen molar-refractivity contribution in [2.24, 2.45) is 5.41 Å². The van der Waals surface area contributed by atoms with E-state index in [0.717, 1.165) is 32.5 Å². The number of hydrogen-bond acceptors (Lipinski definition) is 2. The highest BCUT2D eigenvalue weighted by Gasteiger charge is 2.28. The number of nitrogens with zero attached hydrogens (tertiary/aromatic N) is 2. The van der Waals surface area contributed by atoms with Gasteiger partial charge >= 0.3 is 6.03 Å². The summed E-state index contributed by atoms with van der Waals surface area (Å²) in [7, 11) is 0. The summed E-state index contributed by atoms with van der Waals surface area (Å²) < 4.78 is 2.06. The molecule has 0 bridgehead atoms. The Morgan fingerprint density at radius 3 is 2.80 bits per heavy atom. The van der Waals surface area contributed by atoms with E-state index in [-0.39, 0.29) is 6.03 Å². The molecular weight excluding hydrogens is 252 g/mol. The number of aromatic nitrogens is 2. The van der Waals surface area contributed by atoms with Crippen LogP contribution in [-0.4, -0.2) is 28.7 Å². The van der Waals surface area contributed by atoms with Crippen molar-refractivity contribution in [1.29, 1.82) is 0 Å². The van der Waals surface area contributed by atoms with Crippen molar-refractivity contribution in [2.75, 3.05) is 13.1 Å². The van der Waals surface area contributed by atoms with E-state index in [1.54, 1.807) is 6.20 Å². The number of unbranched alkanes of at least 4 members (excludes halogenated alkanes) is 1. The predicted molar refractivity (Wildman–Crippen MR) is 79.4 cm³/mol. The lowest BCUT2D eigenvalue weighted by Crippen LogP contribution is -2.41. The van der Waals surface area contributed by atoms with E-state index < -0.39 is 0 Å². The third-order valence-electron chi connectivity index (χ3n) is 4.17. The molecule has 1 fully saturated rings. The summed E-state index contributed by atoms with van der Waals surface area (Å²) in [6.07, 6.45) is 12.7. The second kappa shape index (κ2) is 7.31. The molecule has 20 heavy (non-hydrogen) atoms. The summed E-state index contributed by atoms with van der Waals surface area (Å²) in [4.78, 5) is 15.7. The van der Waals surface area contributed by atoms with E-state index in [9.17, 15) is 4.79 Å². The molecule has 0 aromatic carbocycles. The van der Waals surface area contributed by atoms with Gasteiger partial charge in [-0.3, -0.25) is 0 Å². The molecule has 0 aliphatic heterocycles. The molecule has 5 heteroatoms. The molecule has 2 N–H and O–H groups in total. The standard InChI is InChI=1S/C15H26N4O/c1-15(6-2-3-7-15)12-18-14(20)17-8-4-5-10-19-11-9-16-13-19/h9,11,13H,2-8,10,12H2,1H3,(H2,17,18,20). The fourth-order valence-electron chi connectivity index (χ4n) is 2.80. The second-order valence-corrected chi connectivity index (χ2v) is 6.13. The zero-order chi connectivity index (χ0) is 14.3. The first-order valence-corrected chi connectivity index (χ1v) is 7.65. The first kappa shape index (κ1) is 14.9. The minimum absolute atomic E-state index is 0.0271. The lowest BCUT2D eigenvalue weighted by Gasteiger charge is -2.23. The summed E-state index contributed by atoms with van der Waals surface area (Å²) in [5.74, 6) is 0. The van der Waals surface area contributed by atoms with Gasteiger partial charge in [0, 0.05) is 32.0 Å². The monoisotopic (exact) mass is 278 g/mol. The van der Waals surface area contributed by atoms with Crippen LogP contribution in [0.4, 0.5) is 4.79 Å². The zero-order valence-corrected chi connectivity index (χ0v) is 12.4. The van der Waals surface area contributed by atoms with E-state index in [1.807, 2.05) is 12.5 Å². The van der Waals surface area contributed by atoms with Gasteiger partial charge in [0.15, 0.2) is 0 Å². The Kier molecular flexibility index (Phi) is 5.44. The number of urea groups is 1. The Morgan fingerprint density at radius 1 is 1.30 bits per heavy atom. The van der Waals surface area contributed by atoms with Crippen LogP contribution in [0.3, 0.4) is 0 Å². The molecule has 5 nitrogen and oxygen atoms in total. The number of rotatable bonds is 7. The maximum absolute atomic E-state index is 11.7. The average Bonchev–Trinajstić information content (AvgIpc) is 3.08. The Hall–Kier alpha value is -1.52. The van der Waals surface area contributed by atoms with E-state index in [1.165, 1.54) is 25.7 Å². The smallest absolute Gasteiger partial charge is 0.314 e. The minimum Gasteiger partial charge on any atom is -0.338 e. The SMILES string of the molecule is CC1(CNC(=O)NCCCCn2ccnc2)CCCC1. The zero-order valence-electron chi connectivity index (χ0n) is 12.4. The van der Waals surface area contributed by atoms with Gasteiger partial charge in [0.25, 0.3) is 0 Å². The van der Waals surface area contributed by atoms with E-state index in [4.69, 9.17) is 0 Å². The highest BCUT2D eigenvalue weighted by Crippen LogP contribution is 2.36. The molecule has 2 rings (SSSR count). The maximum atomic E-state index is 11.7. The molecule has 0 saturated heterocycles. The van der Waals surface area contributed by atoms with Gasteiger partial charge in [0.2, 0.25) is 0 Å². The highest BCUT2D eigenvalue weighted by molar-refractivity contribution is 5.73. The Balaban J connectivity index is 1.49. The van der Waals surface area contributed by atoms with Crippen LogP contribution >= 0.6 is 0 Å². The third kappa shape index (κ3) is 4.87. The van der Waals surface area contributed by atoms with Crippen molar-refractivity contribution in [3.05, 3.63) is 18.7 Å². The van der Waals surface area contributed by atoms with Crippen molar-refractivity contribution in [2.45, 2.75) is 52.0 Å². The molecule has 1 aliphatic rings. The van der Waals surface area contributed by atoms with Gasteiger partial charge in [-0.15, -0.1) is 0 Å². The normalized spacial score (nSPS) is 17.1. The highest BCUT2D eigenvalue weighted by atomic mass is 16.2. The van der Waals surface area contributed by atoms with Crippen LogP contribution in [0.1, 0.15) is 45.4 Å². The maximum Gasteiger partial charge on any atom is 0.314 e. The fraction of sp³-hybridized carbons (Fsp3) is 0.733. The van der Waals surface area contributed by atoms with Crippen LogP contribution in [-0.2, 0) is 6.54 Å². The van der Waals surface area contributed by atoms with Crippen LogP contribution in [0, 0.1) is 5.41 Å². The Morgan fingerprint density at radius 2 is 2.10 bits per heavy atom. The molecule has 0 unspecified atom stereocenters. The van der Waals surface area contributed by atoms with Crippen molar-refractivity contribution < 1.29 is 4.79 Å². The summed E-state index contributed by atoms with van der Waals surface area (Å²) in [5, 5.41) is 5.93. The first-order valence-electron chi connectivity index (χ1n) is 7.65. The molecule has 1 heterocycles. The van der Waals surface area contributed by atoms with E-state index in [2.05, 4.69) is 27.1 Å². The van der Waals surface area contributed by atoms with Gasteiger partial charge in [-0.25, -0.2) is 9.78 Å². The molecular formula is C15H26N4O. The molecule has 2 amide bonds. The van der Waals surface area contributed by atoms with Gasteiger partial charge in [-0.05, 0) is 31.1 Å². The molecule has 0 radical (unpaired) electrons. The molecule has 1 aromatic heterocycles. The van der Waals surface area contributed by atoms with Gasteiger partial charge in [-0.1, -0.05) is 19.8 Å². The largest absolute Gasteiger partial charge is 0.338 e. The van der Waals surface area contributed by atoms with Crippen LogP contribution in [0.25, 0.3) is 0 Å². The van der Waals surface area contributed by atoms with Crippen LogP contribution < -0.4 is 10.6 Å². The topological polar surface area (TPSA) is 59.0 Å². The Labute approximate surface area is 121 Å². The molecule has 0 spiro atoms. The lowest BCUT2D eigenvalue weighted by atomic mass is 9.89. The summed E-state index contributed by atoms with van der Waals surface area (Å²) in [6.45, 7) is 4.76. The number of carbonyl (C=O) groups excluding carboxylic acids is 1. The molecule has 1 aromatic rings. The third-order valence-corrected chi connectivity index (χ3v) is 4.17. The average molecular weight is 278 g/mol. The van der Waals surface area contributed by atoms with Crippen molar-refractivity contribution in [1.82, 2.24) is 20.2 Å². The molecule has 1 aliphatic carbocycles. The lowest BCUT2D eigenvalue weighted by molar-refractivity contribution is 0.231. The van der Waals surface area contributed by atoms with Crippen LogP contribution in [0.2, 0.25) is 0 Å². The van der Waals surface area contributed by atoms with Gasteiger partial charge in [0.05, 0.1) is 6.33 Å². The van der Waals surface area contributed by atoms with Crippen molar-refractivity contribution in [3.8, 4) is 0 Å². The van der Waals surface area contributed by atoms with Gasteiger partial charge in [0.1, 0.15) is 0 Å². The van der Waals surface area contributed by atoms with Crippen molar-refractivity contribution in [3.63, 3.8) is 0 Å². The minimum atomic E-state index is -0.0271. The summed E-state index contributed by atoms with van der Waals surface area (Å²) in [5.41, 5.74) is 0.318. The number of carbonyl (C=O) groups is 1. The number of aryl methyl sites for hydroxylation is 1. The first-order chi connectivity index (χ1) is 9.68. The molecule has 112 valence electrons. The van der Waals surface area contributed by atoms with Crippen molar-refractivity contribution >= 4 is 6.03 Å². The van der Waals surface area contributed by atoms with E-state index in [0.29, 0.717) is 5.41 Å². The molecule has 1 saturated carbocycles. The van der Waals surface area contributed by atoms with Crippen LogP contribution in [0.5, 0.6) is 0 Å². The van der Waals surface area contributed by atoms with E-state index >= 15 is 0 Å². The predicted octanol–water partition coefficient (Wildman–Crippen LogP) is 2.54. The quantitative estimate of drug-likeness (QED) is 0.753. The molecule has 0 atom stereocenters. The van der Waals surface area contributed by atoms with Gasteiger partial charge in [-0.2, -0.15) is 0 Å². The number of hydrogen-bond donors (Lipinski definition) is 2.